The van der Waals surface area contributed by atoms with E-state index in [0.29, 0.717) is 5.92 Å². The molecule has 17 heavy (non-hydrogen) atoms. The number of aliphatic hydroxyl groups is 1. The molecule has 0 aliphatic carbocycles. The molecule has 1 fully saturated rings. The maximum atomic E-state index is 9.58. The molecule has 0 spiro atoms. The van der Waals surface area contributed by atoms with Crippen molar-refractivity contribution >= 4 is 5.82 Å². The molecule has 4 nitrogen and oxygen atoms in total. The van der Waals surface area contributed by atoms with Crippen molar-refractivity contribution in [2.45, 2.75) is 26.0 Å². The quantitative estimate of drug-likeness (QED) is 0.817. The minimum atomic E-state index is -0.219. The standard InChI is InChI=1S/C13H21N3O/c1-10(17)12-5-6-16(9-12)13-4-3-11(7-14-2)8-15-13/h3-4,8,10,12,14,17H,5-7,9H2,1-2H3. The lowest BCUT2D eigenvalue weighted by Crippen LogP contribution is -2.24. The number of nitrogens with zero attached hydrogens (tertiary/aromatic N) is 2. The van der Waals surface area contributed by atoms with Crippen molar-refractivity contribution in [3.63, 3.8) is 0 Å². The van der Waals surface area contributed by atoms with Gasteiger partial charge in [-0.3, -0.25) is 0 Å². The number of aromatic nitrogens is 1. The Labute approximate surface area is 103 Å². The third-order valence-corrected chi connectivity index (χ3v) is 3.42. The summed E-state index contributed by atoms with van der Waals surface area (Å²) >= 11 is 0. The van der Waals surface area contributed by atoms with E-state index in [1.165, 1.54) is 5.56 Å². The van der Waals surface area contributed by atoms with Crippen LogP contribution >= 0.6 is 0 Å². The zero-order valence-corrected chi connectivity index (χ0v) is 10.6. The maximum Gasteiger partial charge on any atom is 0.128 e. The van der Waals surface area contributed by atoms with Gasteiger partial charge in [0.05, 0.1) is 6.10 Å². The summed E-state index contributed by atoms with van der Waals surface area (Å²) in [6.07, 6.45) is 2.75. The monoisotopic (exact) mass is 235 g/mol. The van der Waals surface area contributed by atoms with Crippen LogP contribution in [0.5, 0.6) is 0 Å². The highest BCUT2D eigenvalue weighted by Crippen LogP contribution is 2.24. The van der Waals surface area contributed by atoms with Gasteiger partial charge in [-0.25, -0.2) is 4.98 Å². The van der Waals surface area contributed by atoms with Crippen LogP contribution in [0.4, 0.5) is 5.82 Å². The molecule has 2 rings (SSSR count). The van der Waals surface area contributed by atoms with E-state index in [1.54, 1.807) is 0 Å². The van der Waals surface area contributed by atoms with Crippen LogP contribution in [0.1, 0.15) is 18.9 Å². The van der Waals surface area contributed by atoms with E-state index in [4.69, 9.17) is 0 Å². The third kappa shape index (κ3) is 2.96. The highest BCUT2D eigenvalue weighted by Gasteiger charge is 2.26. The molecular weight excluding hydrogens is 214 g/mol. The molecule has 2 atom stereocenters. The molecule has 2 heterocycles. The van der Waals surface area contributed by atoms with Crippen molar-refractivity contribution in [1.82, 2.24) is 10.3 Å². The van der Waals surface area contributed by atoms with Gasteiger partial charge < -0.3 is 15.3 Å². The Bertz CT molecular complexity index is 350. The largest absolute Gasteiger partial charge is 0.393 e. The molecule has 2 unspecified atom stereocenters. The van der Waals surface area contributed by atoms with Gasteiger partial charge in [0.1, 0.15) is 5.82 Å². The van der Waals surface area contributed by atoms with Crippen LogP contribution < -0.4 is 10.2 Å². The summed E-state index contributed by atoms with van der Waals surface area (Å²) in [5, 5.41) is 12.7. The number of hydrogen-bond donors (Lipinski definition) is 2. The number of pyridine rings is 1. The second-order valence-electron chi connectivity index (χ2n) is 4.79. The van der Waals surface area contributed by atoms with E-state index in [9.17, 15) is 5.11 Å². The van der Waals surface area contributed by atoms with Crippen LogP contribution in [0.25, 0.3) is 0 Å². The van der Waals surface area contributed by atoms with Gasteiger partial charge in [-0.2, -0.15) is 0 Å². The molecule has 1 aromatic rings. The van der Waals surface area contributed by atoms with Crippen molar-refractivity contribution in [3.8, 4) is 0 Å². The first kappa shape index (κ1) is 12.3. The van der Waals surface area contributed by atoms with Crippen LogP contribution in [0.2, 0.25) is 0 Å². The van der Waals surface area contributed by atoms with Crippen LogP contribution in [0.15, 0.2) is 18.3 Å². The fourth-order valence-electron chi connectivity index (χ4n) is 2.30. The molecule has 1 saturated heterocycles. The van der Waals surface area contributed by atoms with Crippen molar-refractivity contribution in [2.75, 3.05) is 25.0 Å². The van der Waals surface area contributed by atoms with Crippen molar-refractivity contribution in [2.24, 2.45) is 5.92 Å². The van der Waals surface area contributed by atoms with Crippen molar-refractivity contribution in [3.05, 3.63) is 23.9 Å². The van der Waals surface area contributed by atoms with Crippen LogP contribution in [0, 0.1) is 5.92 Å². The third-order valence-electron chi connectivity index (χ3n) is 3.42. The lowest BCUT2D eigenvalue weighted by Gasteiger charge is -2.18. The van der Waals surface area contributed by atoms with E-state index in [1.807, 2.05) is 20.2 Å². The van der Waals surface area contributed by atoms with E-state index in [0.717, 1.165) is 31.9 Å². The van der Waals surface area contributed by atoms with Gasteiger partial charge in [-0.05, 0) is 32.0 Å². The average Bonchev–Trinajstić information content (AvgIpc) is 2.80. The Kier molecular flexibility index (Phi) is 3.97. The second kappa shape index (κ2) is 5.47. The van der Waals surface area contributed by atoms with Gasteiger partial charge in [0.15, 0.2) is 0 Å². The fourth-order valence-corrected chi connectivity index (χ4v) is 2.30. The smallest absolute Gasteiger partial charge is 0.128 e. The Balaban J connectivity index is 1.99. The first-order valence-corrected chi connectivity index (χ1v) is 6.23. The number of hydrogen-bond acceptors (Lipinski definition) is 4. The Morgan fingerprint density at radius 3 is 2.94 bits per heavy atom. The molecule has 0 aromatic carbocycles. The summed E-state index contributed by atoms with van der Waals surface area (Å²) in [6.45, 7) is 4.63. The molecule has 0 radical (unpaired) electrons. The SMILES string of the molecule is CNCc1ccc(N2CCC(C(C)O)C2)nc1. The zero-order valence-electron chi connectivity index (χ0n) is 10.6. The molecular formula is C13H21N3O. The van der Waals surface area contributed by atoms with Crippen molar-refractivity contribution in [1.29, 1.82) is 0 Å². The van der Waals surface area contributed by atoms with E-state index in [-0.39, 0.29) is 6.10 Å². The highest BCUT2D eigenvalue weighted by atomic mass is 16.3. The highest BCUT2D eigenvalue weighted by molar-refractivity contribution is 5.40. The molecule has 0 saturated carbocycles. The predicted octanol–water partition coefficient (Wildman–Crippen LogP) is 1.01. The summed E-state index contributed by atoms with van der Waals surface area (Å²) in [6, 6.07) is 4.17. The molecule has 94 valence electrons. The zero-order chi connectivity index (χ0) is 12.3. The molecule has 4 heteroatoms. The normalized spacial score (nSPS) is 21.8. The Morgan fingerprint density at radius 2 is 2.41 bits per heavy atom. The topological polar surface area (TPSA) is 48.4 Å². The molecule has 1 aliphatic rings. The minimum Gasteiger partial charge on any atom is -0.393 e. The Hall–Kier alpha value is -1.13. The molecule has 0 bridgehead atoms. The van der Waals surface area contributed by atoms with Crippen LogP contribution in [-0.4, -0.2) is 36.3 Å². The van der Waals surface area contributed by atoms with Crippen molar-refractivity contribution < 1.29 is 5.11 Å². The number of nitrogens with one attached hydrogen (secondary N) is 1. The lowest BCUT2D eigenvalue weighted by molar-refractivity contribution is 0.136. The average molecular weight is 235 g/mol. The van der Waals surface area contributed by atoms with Crippen LogP contribution in [-0.2, 0) is 6.54 Å². The second-order valence-corrected chi connectivity index (χ2v) is 4.79. The van der Waals surface area contributed by atoms with Gasteiger partial charge >= 0.3 is 0 Å². The van der Waals surface area contributed by atoms with E-state index < -0.39 is 0 Å². The number of rotatable bonds is 4. The summed E-state index contributed by atoms with van der Waals surface area (Å²) < 4.78 is 0. The molecule has 1 aromatic heterocycles. The molecule has 1 aliphatic heterocycles. The number of aliphatic hydroxyl groups excluding tert-OH is 1. The van der Waals surface area contributed by atoms with Gasteiger partial charge in [0.2, 0.25) is 0 Å². The molecule has 2 N–H and O–H groups in total. The van der Waals surface area contributed by atoms with Crippen LogP contribution in [0.3, 0.4) is 0 Å². The lowest BCUT2D eigenvalue weighted by atomic mass is 10.0. The minimum absolute atomic E-state index is 0.219. The van der Waals surface area contributed by atoms with E-state index >= 15 is 0 Å². The summed E-state index contributed by atoms with van der Waals surface area (Å²) in [5.74, 6) is 1.40. The summed E-state index contributed by atoms with van der Waals surface area (Å²) in [5.41, 5.74) is 1.20. The maximum absolute atomic E-state index is 9.58. The number of anilines is 1. The molecule has 0 amide bonds. The fraction of sp³-hybridized carbons (Fsp3) is 0.615. The predicted molar refractivity (Wildman–Crippen MR) is 69.0 cm³/mol. The summed E-state index contributed by atoms with van der Waals surface area (Å²) in [4.78, 5) is 6.73. The Morgan fingerprint density at radius 1 is 1.59 bits per heavy atom. The van der Waals surface area contributed by atoms with Gasteiger partial charge in [0.25, 0.3) is 0 Å². The van der Waals surface area contributed by atoms with Gasteiger partial charge in [0, 0.05) is 31.7 Å². The van der Waals surface area contributed by atoms with Gasteiger partial charge in [-0.15, -0.1) is 0 Å². The summed E-state index contributed by atoms with van der Waals surface area (Å²) in [7, 11) is 1.93. The first-order chi connectivity index (χ1) is 8.20. The van der Waals surface area contributed by atoms with E-state index in [2.05, 4.69) is 27.3 Å². The van der Waals surface area contributed by atoms with Gasteiger partial charge in [-0.1, -0.05) is 6.07 Å². The first-order valence-electron chi connectivity index (χ1n) is 6.23.